The zero-order valence-corrected chi connectivity index (χ0v) is 7.82. The van der Waals surface area contributed by atoms with Gasteiger partial charge in [-0.25, -0.2) is 4.98 Å². The highest BCUT2D eigenvalue weighted by molar-refractivity contribution is 4.94. The second kappa shape index (κ2) is 3.43. The van der Waals surface area contributed by atoms with Crippen molar-refractivity contribution in [2.75, 3.05) is 7.05 Å². The van der Waals surface area contributed by atoms with Gasteiger partial charge in [-0.05, 0) is 19.4 Å². The molecule has 0 radical (unpaired) electrons. The third-order valence-electron chi connectivity index (χ3n) is 2.44. The van der Waals surface area contributed by atoms with Crippen molar-refractivity contribution in [2.24, 2.45) is 5.92 Å². The molecule has 5 nitrogen and oxygen atoms in total. The van der Waals surface area contributed by atoms with E-state index in [1.165, 1.54) is 6.33 Å². The fraction of sp³-hybridized carbons (Fsp3) is 0.750. The van der Waals surface area contributed by atoms with Crippen LogP contribution in [0.4, 0.5) is 0 Å². The number of aromatic amines is 1. The van der Waals surface area contributed by atoms with Crippen LogP contribution in [0.3, 0.4) is 0 Å². The van der Waals surface area contributed by atoms with Crippen molar-refractivity contribution in [3.05, 3.63) is 12.2 Å². The first kappa shape index (κ1) is 8.65. The molecule has 2 heterocycles. The van der Waals surface area contributed by atoms with Crippen molar-refractivity contribution in [1.29, 1.82) is 0 Å². The Labute approximate surface area is 76.9 Å². The van der Waals surface area contributed by atoms with Gasteiger partial charge in [0.2, 0.25) is 0 Å². The lowest BCUT2D eigenvalue weighted by atomic mass is 10.0. The minimum Gasteiger partial charge on any atom is -0.352 e. The summed E-state index contributed by atoms with van der Waals surface area (Å²) in [6.45, 7) is 2.16. The molecule has 1 aliphatic heterocycles. The van der Waals surface area contributed by atoms with Crippen molar-refractivity contribution in [3.63, 3.8) is 0 Å². The van der Waals surface area contributed by atoms with Gasteiger partial charge in [0.1, 0.15) is 18.7 Å². The molecule has 1 aromatic rings. The molecule has 2 rings (SSSR count). The van der Waals surface area contributed by atoms with Crippen molar-refractivity contribution in [3.8, 4) is 0 Å². The average molecular weight is 182 g/mol. The lowest BCUT2D eigenvalue weighted by Crippen LogP contribution is -2.23. The van der Waals surface area contributed by atoms with Gasteiger partial charge in [0.25, 0.3) is 0 Å². The standard InChI is InChI=1S/C8H14N4O/c1-5-3-6(9-2)13-7(5)8-10-4-11-12-8/h4-7,9H,3H2,1-2H3,(H,10,11,12). The summed E-state index contributed by atoms with van der Waals surface area (Å²) in [5, 5.41) is 9.76. The topological polar surface area (TPSA) is 62.8 Å². The van der Waals surface area contributed by atoms with Crippen LogP contribution in [0, 0.1) is 5.92 Å². The highest BCUT2D eigenvalue weighted by atomic mass is 16.5. The molecule has 3 atom stereocenters. The summed E-state index contributed by atoms with van der Waals surface area (Å²) in [4.78, 5) is 4.10. The van der Waals surface area contributed by atoms with Gasteiger partial charge >= 0.3 is 0 Å². The normalized spacial score (nSPS) is 33.8. The average Bonchev–Trinajstić information content (AvgIpc) is 2.72. The minimum absolute atomic E-state index is 0.0555. The summed E-state index contributed by atoms with van der Waals surface area (Å²) in [7, 11) is 1.90. The minimum atomic E-state index is 0.0555. The number of hydrogen-bond donors (Lipinski definition) is 2. The lowest BCUT2D eigenvalue weighted by Gasteiger charge is -2.11. The molecule has 3 unspecified atom stereocenters. The van der Waals surface area contributed by atoms with Crippen LogP contribution in [0.2, 0.25) is 0 Å². The van der Waals surface area contributed by atoms with Gasteiger partial charge in [-0.2, -0.15) is 5.10 Å². The van der Waals surface area contributed by atoms with E-state index in [1.807, 2.05) is 7.05 Å². The number of H-pyrrole nitrogens is 1. The van der Waals surface area contributed by atoms with Gasteiger partial charge in [0, 0.05) is 0 Å². The molecule has 1 aromatic heterocycles. The van der Waals surface area contributed by atoms with Crippen LogP contribution in [0.25, 0.3) is 0 Å². The van der Waals surface area contributed by atoms with Crippen molar-refractivity contribution >= 4 is 0 Å². The number of aromatic nitrogens is 3. The smallest absolute Gasteiger partial charge is 0.153 e. The Morgan fingerprint density at radius 3 is 3.08 bits per heavy atom. The number of ether oxygens (including phenoxy) is 1. The molecule has 1 saturated heterocycles. The van der Waals surface area contributed by atoms with E-state index in [4.69, 9.17) is 4.74 Å². The molecule has 0 spiro atoms. The van der Waals surface area contributed by atoms with E-state index in [2.05, 4.69) is 27.4 Å². The Kier molecular flexibility index (Phi) is 2.28. The maximum absolute atomic E-state index is 5.72. The first-order chi connectivity index (χ1) is 6.31. The fourth-order valence-corrected chi connectivity index (χ4v) is 1.70. The maximum atomic E-state index is 5.72. The van der Waals surface area contributed by atoms with Crippen LogP contribution in [0.5, 0.6) is 0 Å². The van der Waals surface area contributed by atoms with Gasteiger partial charge in [0.05, 0.1) is 0 Å². The van der Waals surface area contributed by atoms with Crippen LogP contribution in [0.15, 0.2) is 6.33 Å². The monoisotopic (exact) mass is 182 g/mol. The molecular weight excluding hydrogens is 168 g/mol. The molecule has 1 fully saturated rings. The van der Waals surface area contributed by atoms with Crippen molar-refractivity contribution in [1.82, 2.24) is 20.5 Å². The first-order valence-electron chi connectivity index (χ1n) is 4.49. The Bertz CT molecular complexity index is 261. The van der Waals surface area contributed by atoms with Gasteiger partial charge in [-0.1, -0.05) is 6.92 Å². The Morgan fingerprint density at radius 2 is 2.54 bits per heavy atom. The first-order valence-corrected chi connectivity index (χ1v) is 4.49. The molecule has 0 aliphatic carbocycles. The SMILES string of the molecule is CNC1CC(C)C(c2ncn[nH]2)O1. The quantitative estimate of drug-likeness (QED) is 0.697. The van der Waals surface area contributed by atoms with E-state index in [0.717, 1.165) is 12.2 Å². The van der Waals surface area contributed by atoms with Crippen LogP contribution in [-0.2, 0) is 4.74 Å². The second-order valence-corrected chi connectivity index (χ2v) is 3.42. The zero-order chi connectivity index (χ0) is 9.26. The number of hydrogen-bond acceptors (Lipinski definition) is 4. The number of rotatable bonds is 2. The molecule has 0 amide bonds. The largest absolute Gasteiger partial charge is 0.352 e. The Hall–Kier alpha value is -0.940. The molecule has 2 N–H and O–H groups in total. The van der Waals surface area contributed by atoms with Gasteiger partial charge in [-0.3, -0.25) is 10.4 Å². The van der Waals surface area contributed by atoms with Crippen molar-refractivity contribution in [2.45, 2.75) is 25.7 Å². The predicted molar refractivity (Wildman–Crippen MR) is 46.8 cm³/mol. The van der Waals surface area contributed by atoms with E-state index in [0.29, 0.717) is 5.92 Å². The predicted octanol–water partition coefficient (Wildman–Crippen LogP) is 0.448. The summed E-state index contributed by atoms with van der Waals surface area (Å²) < 4.78 is 5.72. The van der Waals surface area contributed by atoms with Crippen LogP contribution in [-0.4, -0.2) is 28.5 Å². The third kappa shape index (κ3) is 1.57. The van der Waals surface area contributed by atoms with E-state index < -0.39 is 0 Å². The van der Waals surface area contributed by atoms with Gasteiger partial charge < -0.3 is 4.74 Å². The fourth-order valence-electron chi connectivity index (χ4n) is 1.70. The van der Waals surface area contributed by atoms with Crippen LogP contribution < -0.4 is 5.32 Å². The highest BCUT2D eigenvalue weighted by Crippen LogP contribution is 2.34. The molecule has 0 bridgehead atoms. The Morgan fingerprint density at radius 1 is 1.69 bits per heavy atom. The van der Waals surface area contributed by atoms with Crippen molar-refractivity contribution < 1.29 is 4.74 Å². The summed E-state index contributed by atoms with van der Waals surface area (Å²) in [6.07, 6.45) is 2.73. The molecule has 13 heavy (non-hydrogen) atoms. The summed E-state index contributed by atoms with van der Waals surface area (Å²) in [5.41, 5.74) is 0. The molecule has 1 aliphatic rings. The van der Waals surface area contributed by atoms with E-state index in [1.54, 1.807) is 0 Å². The van der Waals surface area contributed by atoms with E-state index in [-0.39, 0.29) is 12.3 Å². The summed E-state index contributed by atoms with van der Waals surface area (Å²) in [5.74, 6) is 1.30. The van der Waals surface area contributed by atoms with Gasteiger partial charge in [-0.15, -0.1) is 0 Å². The maximum Gasteiger partial charge on any atom is 0.153 e. The number of nitrogens with one attached hydrogen (secondary N) is 2. The molecule has 5 heteroatoms. The molecular formula is C8H14N4O. The Balaban J connectivity index is 2.09. The van der Waals surface area contributed by atoms with Crippen LogP contribution >= 0.6 is 0 Å². The molecule has 72 valence electrons. The van der Waals surface area contributed by atoms with Gasteiger partial charge in [0.15, 0.2) is 5.82 Å². The molecule has 0 saturated carbocycles. The molecule has 0 aromatic carbocycles. The lowest BCUT2D eigenvalue weighted by molar-refractivity contribution is 0.0171. The summed E-state index contributed by atoms with van der Waals surface area (Å²) in [6, 6.07) is 0. The zero-order valence-electron chi connectivity index (χ0n) is 7.82. The van der Waals surface area contributed by atoms with E-state index in [9.17, 15) is 0 Å². The third-order valence-corrected chi connectivity index (χ3v) is 2.44. The highest BCUT2D eigenvalue weighted by Gasteiger charge is 2.34. The second-order valence-electron chi connectivity index (χ2n) is 3.42. The number of nitrogens with zero attached hydrogens (tertiary/aromatic N) is 2. The summed E-state index contributed by atoms with van der Waals surface area (Å²) >= 11 is 0. The van der Waals surface area contributed by atoms with Crippen LogP contribution in [0.1, 0.15) is 25.3 Å². The van der Waals surface area contributed by atoms with E-state index >= 15 is 0 Å².